The monoisotopic (exact) mass is 268 g/mol. The lowest BCUT2D eigenvalue weighted by Gasteiger charge is -2.08. The number of nitrogens with two attached hydrogens (primary N) is 1. The van der Waals surface area contributed by atoms with E-state index in [-0.39, 0.29) is 19.0 Å². The summed E-state index contributed by atoms with van der Waals surface area (Å²) in [5.74, 6) is 5.62. The van der Waals surface area contributed by atoms with E-state index in [9.17, 15) is 4.79 Å². The van der Waals surface area contributed by atoms with Gasteiger partial charge in [-0.15, -0.1) is 0 Å². The van der Waals surface area contributed by atoms with E-state index in [0.717, 1.165) is 11.1 Å². The highest BCUT2D eigenvalue weighted by atomic mass is 16.2. The number of nitrogens with one attached hydrogen (secondary N) is 1. The molecule has 2 aromatic rings. The molecule has 0 bridgehead atoms. The maximum atomic E-state index is 11.9. The summed E-state index contributed by atoms with van der Waals surface area (Å²) in [6.07, 6.45) is 3.38. The topological polar surface area (TPSA) is 72.9 Å². The van der Waals surface area contributed by atoms with Crippen molar-refractivity contribution in [3.63, 3.8) is 0 Å². The third kappa shape index (κ3) is 3.70. The molecule has 0 atom stereocenters. The molecule has 3 N–H and O–H groups in total. The summed E-state index contributed by atoms with van der Waals surface area (Å²) in [6, 6.07) is 7.47. The van der Waals surface area contributed by atoms with Crippen LogP contribution in [0.4, 0.5) is 5.69 Å². The average Bonchev–Trinajstić information content (AvgIpc) is 2.91. The zero-order valence-corrected chi connectivity index (χ0v) is 11.3. The number of amides is 1. The fourth-order valence-electron chi connectivity index (χ4n) is 1.75. The Labute approximate surface area is 117 Å². The van der Waals surface area contributed by atoms with Crippen LogP contribution in [0.15, 0.2) is 36.7 Å². The van der Waals surface area contributed by atoms with Gasteiger partial charge in [-0.1, -0.05) is 17.9 Å². The Bertz CT molecular complexity index is 650. The van der Waals surface area contributed by atoms with Crippen LogP contribution in [0.2, 0.25) is 0 Å². The van der Waals surface area contributed by atoms with Gasteiger partial charge in [0.05, 0.1) is 12.2 Å². The summed E-state index contributed by atoms with van der Waals surface area (Å²) in [7, 11) is 0. The fourth-order valence-corrected chi connectivity index (χ4v) is 1.75. The number of rotatable bonds is 3. The molecule has 5 heteroatoms. The molecule has 1 amide bonds. The number of nitrogens with zero attached hydrogens (tertiary/aromatic N) is 2. The van der Waals surface area contributed by atoms with Crippen molar-refractivity contribution in [3.05, 3.63) is 47.8 Å². The molecule has 20 heavy (non-hydrogen) atoms. The van der Waals surface area contributed by atoms with Gasteiger partial charge in [0.2, 0.25) is 5.91 Å². The van der Waals surface area contributed by atoms with Gasteiger partial charge >= 0.3 is 0 Å². The molecule has 0 aliphatic heterocycles. The predicted octanol–water partition coefficient (Wildman–Crippen LogP) is 1.14. The van der Waals surface area contributed by atoms with Crippen molar-refractivity contribution in [2.45, 2.75) is 13.5 Å². The number of aromatic nitrogens is 2. The van der Waals surface area contributed by atoms with Crippen LogP contribution in [-0.4, -0.2) is 22.2 Å². The van der Waals surface area contributed by atoms with Crippen LogP contribution in [-0.2, 0) is 11.3 Å². The van der Waals surface area contributed by atoms with Crippen molar-refractivity contribution in [1.82, 2.24) is 9.78 Å². The minimum atomic E-state index is -0.145. The van der Waals surface area contributed by atoms with Crippen molar-refractivity contribution in [2.24, 2.45) is 5.73 Å². The first-order valence-corrected chi connectivity index (χ1v) is 6.26. The number of hydrogen-bond donors (Lipinski definition) is 2. The molecule has 1 aromatic carbocycles. The van der Waals surface area contributed by atoms with Gasteiger partial charge in [0.1, 0.15) is 6.54 Å². The van der Waals surface area contributed by atoms with E-state index in [0.29, 0.717) is 5.69 Å². The van der Waals surface area contributed by atoms with Crippen molar-refractivity contribution in [2.75, 3.05) is 11.9 Å². The zero-order valence-electron chi connectivity index (χ0n) is 11.3. The number of carbonyl (C=O) groups is 1. The van der Waals surface area contributed by atoms with E-state index in [1.165, 1.54) is 0 Å². The minimum absolute atomic E-state index is 0.145. The molecule has 0 radical (unpaired) electrons. The van der Waals surface area contributed by atoms with Gasteiger partial charge < -0.3 is 11.1 Å². The maximum absolute atomic E-state index is 11.9. The van der Waals surface area contributed by atoms with Crippen LogP contribution in [0.3, 0.4) is 0 Å². The highest BCUT2D eigenvalue weighted by Crippen LogP contribution is 2.16. The Morgan fingerprint density at radius 3 is 3.05 bits per heavy atom. The molecule has 1 aromatic heterocycles. The Morgan fingerprint density at radius 2 is 2.35 bits per heavy atom. The van der Waals surface area contributed by atoms with Crippen molar-refractivity contribution < 1.29 is 4.79 Å². The van der Waals surface area contributed by atoms with Gasteiger partial charge in [-0.3, -0.25) is 9.48 Å². The van der Waals surface area contributed by atoms with E-state index in [1.807, 2.05) is 25.1 Å². The largest absolute Gasteiger partial charge is 0.323 e. The second-order valence-corrected chi connectivity index (χ2v) is 4.31. The lowest BCUT2D eigenvalue weighted by Crippen LogP contribution is -2.19. The number of hydrogen-bond acceptors (Lipinski definition) is 3. The van der Waals surface area contributed by atoms with Crippen molar-refractivity contribution >= 4 is 11.6 Å². The third-order valence-corrected chi connectivity index (χ3v) is 2.64. The fraction of sp³-hybridized carbons (Fsp3) is 0.200. The molecule has 0 aliphatic carbocycles. The first kappa shape index (κ1) is 13.8. The Balaban J connectivity index is 2.14. The predicted molar refractivity (Wildman–Crippen MR) is 78.0 cm³/mol. The van der Waals surface area contributed by atoms with Crippen LogP contribution in [0.25, 0.3) is 0 Å². The number of anilines is 1. The first-order chi connectivity index (χ1) is 9.69. The van der Waals surface area contributed by atoms with Gasteiger partial charge in [0.15, 0.2) is 0 Å². The number of benzene rings is 1. The minimum Gasteiger partial charge on any atom is -0.323 e. The highest BCUT2D eigenvalue weighted by molar-refractivity contribution is 5.92. The van der Waals surface area contributed by atoms with E-state index < -0.39 is 0 Å². The molecule has 102 valence electrons. The van der Waals surface area contributed by atoms with Gasteiger partial charge in [-0.2, -0.15) is 5.10 Å². The molecule has 0 unspecified atom stereocenters. The summed E-state index contributed by atoms with van der Waals surface area (Å²) >= 11 is 0. The van der Waals surface area contributed by atoms with Crippen LogP contribution >= 0.6 is 0 Å². The van der Waals surface area contributed by atoms with Crippen LogP contribution in [0.5, 0.6) is 0 Å². The maximum Gasteiger partial charge on any atom is 0.246 e. The Kier molecular flexibility index (Phi) is 4.53. The van der Waals surface area contributed by atoms with Gasteiger partial charge in [0, 0.05) is 18.0 Å². The average molecular weight is 268 g/mol. The smallest absolute Gasteiger partial charge is 0.246 e. The van der Waals surface area contributed by atoms with Crippen molar-refractivity contribution in [1.29, 1.82) is 0 Å². The molecule has 2 rings (SSSR count). The van der Waals surface area contributed by atoms with Crippen LogP contribution in [0.1, 0.15) is 11.1 Å². The molecule has 0 saturated carbocycles. The summed E-state index contributed by atoms with van der Waals surface area (Å²) in [6.45, 7) is 2.43. The first-order valence-electron chi connectivity index (χ1n) is 6.26. The van der Waals surface area contributed by atoms with E-state index in [4.69, 9.17) is 5.73 Å². The molecule has 1 heterocycles. The third-order valence-electron chi connectivity index (χ3n) is 2.64. The summed E-state index contributed by atoms with van der Waals surface area (Å²) < 4.78 is 1.56. The molecule has 5 nitrogen and oxygen atoms in total. The lowest BCUT2D eigenvalue weighted by molar-refractivity contribution is -0.116. The zero-order chi connectivity index (χ0) is 14.4. The van der Waals surface area contributed by atoms with E-state index in [2.05, 4.69) is 22.3 Å². The summed E-state index contributed by atoms with van der Waals surface area (Å²) in [5, 5.41) is 6.84. The van der Waals surface area contributed by atoms with Gasteiger partial charge in [-0.25, -0.2) is 0 Å². The molecular weight excluding hydrogens is 252 g/mol. The molecule has 0 saturated heterocycles. The van der Waals surface area contributed by atoms with Gasteiger partial charge in [-0.05, 0) is 30.7 Å². The quantitative estimate of drug-likeness (QED) is 0.820. The van der Waals surface area contributed by atoms with E-state index >= 15 is 0 Å². The van der Waals surface area contributed by atoms with Crippen LogP contribution in [0, 0.1) is 18.8 Å². The molecular formula is C15H16N4O. The standard InChI is InChI=1S/C15H16N4O/c1-12-5-6-14(13(10-12)4-2-7-16)18-15(20)11-19-9-3-8-17-19/h3,5-6,8-10H,7,11,16H2,1H3,(H,18,20). The molecule has 0 aliphatic rings. The number of carbonyl (C=O) groups excluding carboxylic acids is 1. The highest BCUT2D eigenvalue weighted by Gasteiger charge is 2.07. The second kappa shape index (κ2) is 6.55. The Morgan fingerprint density at radius 1 is 1.50 bits per heavy atom. The SMILES string of the molecule is Cc1ccc(NC(=O)Cn2cccn2)c(C#CCN)c1. The lowest BCUT2D eigenvalue weighted by atomic mass is 10.1. The molecule has 0 spiro atoms. The van der Waals surface area contributed by atoms with Crippen LogP contribution < -0.4 is 11.1 Å². The number of aryl methyl sites for hydroxylation is 1. The summed E-state index contributed by atoms with van der Waals surface area (Å²) in [5.41, 5.74) is 7.92. The summed E-state index contributed by atoms with van der Waals surface area (Å²) in [4.78, 5) is 11.9. The Hall–Kier alpha value is -2.58. The van der Waals surface area contributed by atoms with Crippen molar-refractivity contribution in [3.8, 4) is 11.8 Å². The van der Waals surface area contributed by atoms with Gasteiger partial charge in [0.25, 0.3) is 0 Å². The van der Waals surface area contributed by atoms with E-state index in [1.54, 1.807) is 23.1 Å². The normalized spacial score (nSPS) is 9.70. The molecule has 0 fully saturated rings. The second-order valence-electron chi connectivity index (χ2n) is 4.31.